The van der Waals surface area contributed by atoms with E-state index in [1.54, 1.807) is 4.52 Å². The van der Waals surface area contributed by atoms with Crippen molar-refractivity contribution in [2.24, 2.45) is 0 Å². The molecular formula is C19H21N5OS. The first kappa shape index (κ1) is 17.0. The van der Waals surface area contributed by atoms with Gasteiger partial charge in [0.1, 0.15) is 6.33 Å². The summed E-state index contributed by atoms with van der Waals surface area (Å²) < 4.78 is 1.73. The molecule has 7 heteroatoms. The summed E-state index contributed by atoms with van der Waals surface area (Å²) >= 11 is 1.86. The van der Waals surface area contributed by atoms with E-state index in [-0.39, 0.29) is 11.9 Å². The molecule has 0 saturated carbocycles. The number of thioether (sulfide) groups is 1. The molecule has 1 aliphatic rings. The van der Waals surface area contributed by atoms with Crippen LogP contribution in [0.2, 0.25) is 0 Å². The molecule has 134 valence electrons. The maximum atomic E-state index is 12.6. The van der Waals surface area contributed by atoms with Crippen molar-refractivity contribution in [1.82, 2.24) is 24.9 Å². The van der Waals surface area contributed by atoms with Gasteiger partial charge in [-0.25, -0.2) is 9.50 Å². The Balaban J connectivity index is 1.45. The first-order chi connectivity index (χ1) is 12.6. The Bertz CT molecular complexity index is 968. The van der Waals surface area contributed by atoms with E-state index < -0.39 is 0 Å². The van der Waals surface area contributed by atoms with Crippen LogP contribution in [0, 0.1) is 13.8 Å². The third kappa shape index (κ3) is 3.19. The highest BCUT2D eigenvalue weighted by Gasteiger charge is 2.22. The van der Waals surface area contributed by atoms with E-state index in [1.165, 1.54) is 16.8 Å². The van der Waals surface area contributed by atoms with Crippen molar-refractivity contribution in [2.45, 2.75) is 44.0 Å². The Morgan fingerprint density at radius 3 is 3.08 bits per heavy atom. The van der Waals surface area contributed by atoms with Crippen molar-refractivity contribution in [3.05, 3.63) is 53.1 Å². The molecule has 4 rings (SSSR count). The lowest BCUT2D eigenvalue weighted by Crippen LogP contribution is -2.30. The van der Waals surface area contributed by atoms with Crippen LogP contribution in [-0.4, -0.2) is 31.2 Å². The largest absolute Gasteiger partial charge is 0.349 e. The third-order valence-electron chi connectivity index (χ3n) is 4.88. The molecule has 26 heavy (non-hydrogen) atoms. The van der Waals surface area contributed by atoms with Gasteiger partial charge in [-0.15, -0.1) is 11.8 Å². The SMILES string of the molecule is Cc1nc2ncnn2c(C)c1CCC(=O)N[C@H]1CCSc2ccccc21. The highest BCUT2D eigenvalue weighted by atomic mass is 32.2. The quantitative estimate of drug-likeness (QED) is 0.767. The van der Waals surface area contributed by atoms with Crippen molar-refractivity contribution in [2.75, 3.05) is 5.75 Å². The van der Waals surface area contributed by atoms with Crippen LogP contribution < -0.4 is 5.32 Å². The van der Waals surface area contributed by atoms with Crippen LogP contribution in [0.4, 0.5) is 0 Å². The molecule has 0 radical (unpaired) electrons. The van der Waals surface area contributed by atoms with E-state index in [1.807, 2.05) is 31.7 Å². The summed E-state index contributed by atoms with van der Waals surface area (Å²) in [6.07, 6.45) is 3.56. The molecular weight excluding hydrogens is 346 g/mol. The van der Waals surface area contributed by atoms with E-state index in [9.17, 15) is 4.79 Å². The summed E-state index contributed by atoms with van der Waals surface area (Å²) in [6, 6.07) is 8.44. The Labute approximate surface area is 156 Å². The fraction of sp³-hybridized carbons (Fsp3) is 0.368. The molecule has 1 amide bonds. The Hall–Kier alpha value is -2.41. The van der Waals surface area contributed by atoms with Gasteiger partial charge in [-0.3, -0.25) is 4.79 Å². The first-order valence-electron chi connectivity index (χ1n) is 8.80. The van der Waals surface area contributed by atoms with Crippen LogP contribution in [0.3, 0.4) is 0 Å². The second-order valence-corrected chi connectivity index (χ2v) is 7.66. The van der Waals surface area contributed by atoms with E-state index in [0.717, 1.165) is 29.1 Å². The summed E-state index contributed by atoms with van der Waals surface area (Å²) in [5.74, 6) is 1.71. The van der Waals surface area contributed by atoms with Gasteiger partial charge in [0.25, 0.3) is 5.78 Å². The number of amides is 1. The zero-order valence-corrected chi connectivity index (χ0v) is 15.7. The molecule has 6 nitrogen and oxygen atoms in total. The average Bonchev–Trinajstić information content (AvgIpc) is 3.10. The molecule has 1 aromatic carbocycles. The molecule has 2 aromatic heterocycles. The van der Waals surface area contributed by atoms with Gasteiger partial charge in [0.05, 0.1) is 6.04 Å². The number of aryl methyl sites for hydroxylation is 2. The maximum Gasteiger partial charge on any atom is 0.252 e. The van der Waals surface area contributed by atoms with Crippen LogP contribution in [0.15, 0.2) is 35.5 Å². The molecule has 0 spiro atoms. The maximum absolute atomic E-state index is 12.6. The minimum atomic E-state index is 0.0780. The Morgan fingerprint density at radius 1 is 1.35 bits per heavy atom. The van der Waals surface area contributed by atoms with Gasteiger partial charge < -0.3 is 5.32 Å². The van der Waals surface area contributed by atoms with Crippen LogP contribution in [0.5, 0.6) is 0 Å². The minimum absolute atomic E-state index is 0.0780. The monoisotopic (exact) mass is 367 g/mol. The molecule has 1 atom stereocenters. The highest BCUT2D eigenvalue weighted by molar-refractivity contribution is 7.99. The predicted molar refractivity (Wildman–Crippen MR) is 101 cm³/mol. The van der Waals surface area contributed by atoms with E-state index in [2.05, 4.69) is 38.6 Å². The number of hydrogen-bond donors (Lipinski definition) is 1. The number of aromatic nitrogens is 4. The molecule has 0 saturated heterocycles. The fourth-order valence-electron chi connectivity index (χ4n) is 3.51. The molecule has 3 aromatic rings. The van der Waals surface area contributed by atoms with Crippen LogP contribution in [0.1, 0.15) is 41.4 Å². The summed E-state index contributed by atoms with van der Waals surface area (Å²) in [4.78, 5) is 22.4. The molecule has 1 N–H and O–H groups in total. The topological polar surface area (TPSA) is 72.2 Å². The van der Waals surface area contributed by atoms with Gasteiger partial charge in [0, 0.05) is 28.5 Å². The smallest absolute Gasteiger partial charge is 0.252 e. The summed E-state index contributed by atoms with van der Waals surface area (Å²) in [5, 5.41) is 7.41. The number of rotatable bonds is 4. The molecule has 0 aliphatic carbocycles. The van der Waals surface area contributed by atoms with Crippen molar-refractivity contribution < 1.29 is 4.79 Å². The lowest BCUT2D eigenvalue weighted by Gasteiger charge is -2.26. The van der Waals surface area contributed by atoms with Gasteiger partial charge in [-0.05, 0) is 43.9 Å². The lowest BCUT2D eigenvalue weighted by atomic mass is 10.0. The second-order valence-electron chi connectivity index (χ2n) is 6.53. The van der Waals surface area contributed by atoms with E-state index >= 15 is 0 Å². The number of carbonyl (C=O) groups is 1. The Morgan fingerprint density at radius 2 is 2.19 bits per heavy atom. The van der Waals surface area contributed by atoms with Crippen molar-refractivity contribution in [3.63, 3.8) is 0 Å². The highest BCUT2D eigenvalue weighted by Crippen LogP contribution is 2.35. The van der Waals surface area contributed by atoms with Crippen LogP contribution in [-0.2, 0) is 11.2 Å². The summed E-state index contributed by atoms with van der Waals surface area (Å²) in [6.45, 7) is 3.96. The van der Waals surface area contributed by atoms with Gasteiger partial charge >= 0.3 is 0 Å². The predicted octanol–water partition coefficient (Wildman–Crippen LogP) is 3.03. The number of nitrogens with one attached hydrogen (secondary N) is 1. The number of hydrogen-bond acceptors (Lipinski definition) is 5. The van der Waals surface area contributed by atoms with Gasteiger partial charge in [0.2, 0.25) is 5.91 Å². The third-order valence-corrected chi connectivity index (χ3v) is 6.01. The van der Waals surface area contributed by atoms with Crippen molar-refractivity contribution in [3.8, 4) is 0 Å². The second kappa shape index (κ2) is 7.07. The number of nitrogens with zero attached hydrogens (tertiary/aromatic N) is 4. The van der Waals surface area contributed by atoms with Crippen LogP contribution >= 0.6 is 11.8 Å². The van der Waals surface area contributed by atoms with Crippen molar-refractivity contribution in [1.29, 1.82) is 0 Å². The zero-order chi connectivity index (χ0) is 18.1. The van der Waals surface area contributed by atoms with Gasteiger partial charge in [0.15, 0.2) is 0 Å². The minimum Gasteiger partial charge on any atom is -0.349 e. The zero-order valence-electron chi connectivity index (χ0n) is 14.9. The van der Waals surface area contributed by atoms with Gasteiger partial charge in [-0.1, -0.05) is 18.2 Å². The molecule has 0 fully saturated rings. The summed E-state index contributed by atoms with van der Waals surface area (Å²) in [7, 11) is 0. The van der Waals surface area contributed by atoms with E-state index in [4.69, 9.17) is 0 Å². The number of benzene rings is 1. The van der Waals surface area contributed by atoms with Crippen LogP contribution in [0.25, 0.3) is 5.78 Å². The molecule has 3 heterocycles. The molecule has 0 bridgehead atoms. The number of carbonyl (C=O) groups excluding carboxylic acids is 1. The Kier molecular flexibility index (Phi) is 4.63. The lowest BCUT2D eigenvalue weighted by molar-refractivity contribution is -0.121. The number of fused-ring (bicyclic) bond motifs is 2. The average molecular weight is 367 g/mol. The summed E-state index contributed by atoms with van der Waals surface area (Å²) in [5.41, 5.74) is 4.21. The molecule has 0 unspecified atom stereocenters. The standard InChI is InChI=1S/C19H21N5OS/c1-12-14(13(2)24-19(22-12)20-11-21-24)7-8-18(25)23-16-9-10-26-17-6-4-3-5-15(16)17/h3-6,11,16H,7-10H2,1-2H3,(H,23,25)/t16-/m0/s1. The van der Waals surface area contributed by atoms with E-state index in [0.29, 0.717) is 18.6 Å². The van der Waals surface area contributed by atoms with Gasteiger partial charge in [-0.2, -0.15) is 10.1 Å². The normalized spacial score (nSPS) is 16.5. The fourth-order valence-corrected chi connectivity index (χ4v) is 4.64. The van der Waals surface area contributed by atoms with Crippen molar-refractivity contribution >= 4 is 23.4 Å². The molecule has 1 aliphatic heterocycles. The first-order valence-corrected chi connectivity index (χ1v) is 9.79.